The Morgan fingerprint density at radius 3 is 2.76 bits per heavy atom. The summed E-state index contributed by atoms with van der Waals surface area (Å²) in [6.07, 6.45) is 4.76. The molecule has 2 atom stereocenters. The van der Waals surface area contributed by atoms with Crippen LogP contribution in [0.2, 0.25) is 0 Å². The molecule has 0 radical (unpaired) electrons. The van der Waals surface area contributed by atoms with Gasteiger partial charge in [-0.3, -0.25) is 4.68 Å². The van der Waals surface area contributed by atoms with Crippen molar-refractivity contribution in [3.63, 3.8) is 0 Å². The fourth-order valence-corrected chi connectivity index (χ4v) is 3.38. The molecule has 6 heteroatoms. The predicted octanol–water partition coefficient (Wildman–Crippen LogP) is 3.41. The van der Waals surface area contributed by atoms with Crippen LogP contribution in [-0.4, -0.2) is 33.9 Å². The Kier molecular flexibility index (Phi) is 4.82. The maximum absolute atomic E-state index is 13.9. The van der Waals surface area contributed by atoms with Gasteiger partial charge in [0.25, 0.3) is 0 Å². The van der Waals surface area contributed by atoms with E-state index >= 15 is 0 Å². The summed E-state index contributed by atoms with van der Waals surface area (Å²) in [5, 5.41) is 8.33. The second kappa shape index (κ2) is 6.75. The maximum Gasteiger partial charge on any atom is 0.165 e. The average Bonchev–Trinajstić information content (AvgIpc) is 3.14. The van der Waals surface area contributed by atoms with Gasteiger partial charge in [0, 0.05) is 43.1 Å². The summed E-state index contributed by atoms with van der Waals surface area (Å²) in [4.78, 5) is 6.21. The molecule has 136 valence electrons. The van der Waals surface area contributed by atoms with Crippen LogP contribution in [0.15, 0.2) is 24.5 Å². The van der Waals surface area contributed by atoms with Crippen LogP contribution in [-0.2, 0) is 5.54 Å². The number of pyridine rings is 1. The largest absolute Gasteiger partial charge is 0.353 e. The number of aryl methyl sites for hydroxylation is 1. The minimum Gasteiger partial charge on any atom is -0.353 e. The third-order valence-electron chi connectivity index (χ3n) is 4.80. The summed E-state index contributed by atoms with van der Waals surface area (Å²) in [7, 11) is 0. The highest BCUT2D eigenvalue weighted by atomic mass is 19.1. The van der Waals surface area contributed by atoms with Gasteiger partial charge in [-0.25, -0.2) is 9.37 Å². The van der Waals surface area contributed by atoms with Gasteiger partial charge in [0.2, 0.25) is 0 Å². The Morgan fingerprint density at radius 2 is 2.12 bits per heavy atom. The van der Waals surface area contributed by atoms with Crippen molar-refractivity contribution >= 4 is 5.82 Å². The summed E-state index contributed by atoms with van der Waals surface area (Å²) in [6, 6.07) is 3.61. The Hall–Kier alpha value is -1.95. The number of hydrogen-bond donors (Lipinski definition) is 1. The molecule has 1 saturated heterocycles. The molecule has 1 fully saturated rings. The Bertz CT molecular complexity index is 734. The van der Waals surface area contributed by atoms with Crippen LogP contribution in [0.5, 0.6) is 0 Å². The molecule has 0 amide bonds. The van der Waals surface area contributed by atoms with Crippen molar-refractivity contribution in [1.82, 2.24) is 20.1 Å². The highest BCUT2D eigenvalue weighted by Gasteiger charge is 2.27. The van der Waals surface area contributed by atoms with E-state index in [-0.39, 0.29) is 17.4 Å². The van der Waals surface area contributed by atoms with Gasteiger partial charge < -0.3 is 10.2 Å². The number of anilines is 1. The first-order chi connectivity index (χ1) is 11.8. The van der Waals surface area contributed by atoms with E-state index in [1.807, 2.05) is 9.58 Å². The highest BCUT2D eigenvalue weighted by Crippen LogP contribution is 2.25. The van der Waals surface area contributed by atoms with Gasteiger partial charge in [-0.05, 0) is 53.2 Å². The number of halogens is 1. The second-order valence-corrected chi connectivity index (χ2v) is 7.91. The topological polar surface area (TPSA) is 46.0 Å². The molecule has 1 aliphatic heterocycles. The molecule has 0 bridgehead atoms. The van der Waals surface area contributed by atoms with Crippen LogP contribution in [0.3, 0.4) is 0 Å². The van der Waals surface area contributed by atoms with Crippen LogP contribution in [0, 0.1) is 12.7 Å². The van der Waals surface area contributed by atoms with E-state index in [4.69, 9.17) is 0 Å². The number of rotatable bonds is 4. The Labute approximate surface area is 149 Å². The summed E-state index contributed by atoms with van der Waals surface area (Å²) >= 11 is 0. The minimum atomic E-state index is -0.251. The van der Waals surface area contributed by atoms with Crippen LogP contribution in [0.1, 0.15) is 51.4 Å². The van der Waals surface area contributed by atoms with Crippen LogP contribution < -0.4 is 10.2 Å². The van der Waals surface area contributed by atoms with E-state index in [1.165, 1.54) is 11.6 Å². The zero-order valence-corrected chi connectivity index (χ0v) is 15.8. The fraction of sp³-hybridized carbons (Fsp3) is 0.579. The molecule has 5 nitrogen and oxygen atoms in total. The molecule has 1 aliphatic rings. The molecular weight excluding hydrogens is 317 g/mol. The van der Waals surface area contributed by atoms with Gasteiger partial charge in [0.15, 0.2) is 11.6 Å². The Balaban J connectivity index is 1.66. The summed E-state index contributed by atoms with van der Waals surface area (Å²) in [5.74, 6) is 0.203. The monoisotopic (exact) mass is 345 g/mol. The Morgan fingerprint density at radius 1 is 1.36 bits per heavy atom. The first kappa shape index (κ1) is 17.9. The van der Waals surface area contributed by atoms with Gasteiger partial charge in [-0.1, -0.05) is 0 Å². The normalized spacial score (nSPS) is 19.4. The molecule has 0 aliphatic carbocycles. The maximum atomic E-state index is 13.9. The zero-order chi connectivity index (χ0) is 18.2. The van der Waals surface area contributed by atoms with Crippen LogP contribution >= 0.6 is 0 Å². The van der Waals surface area contributed by atoms with Gasteiger partial charge in [0.1, 0.15) is 0 Å². The summed E-state index contributed by atoms with van der Waals surface area (Å²) in [5.41, 5.74) is 2.25. The number of aromatic nitrogens is 3. The molecule has 0 unspecified atom stereocenters. The molecular formula is C19H28FN5. The van der Waals surface area contributed by atoms with E-state index in [1.54, 1.807) is 12.3 Å². The molecule has 25 heavy (non-hydrogen) atoms. The van der Waals surface area contributed by atoms with E-state index in [0.717, 1.165) is 25.2 Å². The zero-order valence-electron chi connectivity index (χ0n) is 15.8. The first-order valence-corrected chi connectivity index (χ1v) is 8.94. The molecule has 1 N–H and O–H groups in total. The van der Waals surface area contributed by atoms with E-state index < -0.39 is 0 Å². The van der Waals surface area contributed by atoms with Gasteiger partial charge in [0.05, 0.1) is 11.2 Å². The molecule has 0 saturated carbocycles. The third-order valence-corrected chi connectivity index (χ3v) is 4.80. The number of nitrogens with zero attached hydrogens (tertiary/aromatic N) is 4. The van der Waals surface area contributed by atoms with Crippen molar-refractivity contribution in [3.8, 4) is 0 Å². The lowest BCUT2D eigenvalue weighted by Crippen LogP contribution is -2.35. The summed E-state index contributed by atoms with van der Waals surface area (Å²) < 4.78 is 16.0. The third kappa shape index (κ3) is 3.84. The van der Waals surface area contributed by atoms with Crippen molar-refractivity contribution in [2.45, 2.75) is 58.7 Å². The SMILES string of the molecule is Cc1nn(C(C)(C)C)cc1[C@@H](C)N[C@@H]1CCN(c2ncccc2F)C1. The lowest BCUT2D eigenvalue weighted by molar-refractivity contribution is 0.353. The predicted molar refractivity (Wildman–Crippen MR) is 98.3 cm³/mol. The molecule has 2 aromatic heterocycles. The van der Waals surface area contributed by atoms with E-state index in [0.29, 0.717) is 11.9 Å². The quantitative estimate of drug-likeness (QED) is 0.922. The minimum absolute atomic E-state index is 0.0244. The second-order valence-electron chi connectivity index (χ2n) is 7.91. The lowest BCUT2D eigenvalue weighted by Gasteiger charge is -2.21. The first-order valence-electron chi connectivity index (χ1n) is 8.94. The number of nitrogens with one attached hydrogen (secondary N) is 1. The standard InChI is InChI=1S/C19H28FN5/c1-13(16-12-25(19(3,4)5)23-14(16)2)22-15-8-10-24(11-15)18-17(20)7-6-9-21-18/h6-7,9,12-13,15,22H,8,10-11H2,1-5H3/t13-,15-/m1/s1. The lowest BCUT2D eigenvalue weighted by atomic mass is 10.1. The van der Waals surface area contributed by atoms with Crippen LogP contribution in [0.25, 0.3) is 0 Å². The molecule has 3 heterocycles. The van der Waals surface area contributed by atoms with Crippen molar-refractivity contribution < 1.29 is 4.39 Å². The van der Waals surface area contributed by atoms with Gasteiger partial charge >= 0.3 is 0 Å². The van der Waals surface area contributed by atoms with Crippen molar-refractivity contribution in [3.05, 3.63) is 41.6 Å². The average molecular weight is 345 g/mol. The van der Waals surface area contributed by atoms with Crippen molar-refractivity contribution in [2.75, 3.05) is 18.0 Å². The molecule has 0 aromatic carbocycles. The van der Waals surface area contributed by atoms with E-state index in [9.17, 15) is 4.39 Å². The van der Waals surface area contributed by atoms with Crippen molar-refractivity contribution in [2.24, 2.45) is 0 Å². The van der Waals surface area contributed by atoms with E-state index in [2.05, 4.69) is 56.2 Å². The van der Waals surface area contributed by atoms with Crippen LogP contribution in [0.4, 0.5) is 10.2 Å². The fourth-order valence-electron chi connectivity index (χ4n) is 3.38. The number of hydrogen-bond acceptors (Lipinski definition) is 4. The molecule has 3 rings (SSSR count). The smallest absolute Gasteiger partial charge is 0.165 e. The van der Waals surface area contributed by atoms with Gasteiger partial charge in [-0.2, -0.15) is 5.10 Å². The van der Waals surface area contributed by atoms with Gasteiger partial charge in [-0.15, -0.1) is 0 Å². The van der Waals surface area contributed by atoms with Crippen molar-refractivity contribution in [1.29, 1.82) is 0 Å². The molecule has 0 spiro atoms. The molecule has 2 aromatic rings. The summed E-state index contributed by atoms with van der Waals surface area (Å²) in [6.45, 7) is 12.3. The highest BCUT2D eigenvalue weighted by molar-refractivity contribution is 5.41.